The van der Waals surface area contributed by atoms with E-state index in [1.54, 1.807) is 0 Å². The predicted molar refractivity (Wildman–Crippen MR) is 75.7 cm³/mol. The van der Waals surface area contributed by atoms with Crippen LogP contribution < -0.4 is 15.8 Å². The Morgan fingerprint density at radius 3 is 2.85 bits per heavy atom. The lowest BCUT2D eigenvalue weighted by atomic mass is 9.97. The van der Waals surface area contributed by atoms with Crippen molar-refractivity contribution in [1.82, 2.24) is 10.0 Å². The van der Waals surface area contributed by atoms with Gasteiger partial charge in [-0.1, -0.05) is 13.0 Å². The normalized spacial score (nSPS) is 23.4. The predicted octanol–water partition coefficient (Wildman–Crippen LogP) is 0.0618. The highest BCUT2D eigenvalue weighted by Crippen LogP contribution is 2.16. The van der Waals surface area contributed by atoms with Gasteiger partial charge in [-0.15, -0.1) is 0 Å². The molecule has 2 unspecified atom stereocenters. The SMILES string of the molecule is CC1CNCCC1NS(=O)(=O)c1cccc(C(N)=O)c1. The van der Waals surface area contributed by atoms with Crippen LogP contribution >= 0.6 is 0 Å². The fourth-order valence-corrected chi connectivity index (χ4v) is 3.70. The van der Waals surface area contributed by atoms with E-state index in [-0.39, 0.29) is 22.4 Å². The molecule has 1 saturated heterocycles. The maximum Gasteiger partial charge on any atom is 0.248 e. The fraction of sp³-hybridized carbons (Fsp3) is 0.462. The summed E-state index contributed by atoms with van der Waals surface area (Å²) in [6.45, 7) is 3.58. The first kappa shape index (κ1) is 15.0. The van der Waals surface area contributed by atoms with Gasteiger partial charge in [0.15, 0.2) is 0 Å². The van der Waals surface area contributed by atoms with Crippen molar-refractivity contribution in [3.8, 4) is 0 Å². The van der Waals surface area contributed by atoms with Crippen molar-refractivity contribution in [2.45, 2.75) is 24.3 Å². The zero-order valence-corrected chi connectivity index (χ0v) is 12.1. The summed E-state index contributed by atoms with van der Waals surface area (Å²) in [7, 11) is -3.63. The van der Waals surface area contributed by atoms with Crippen LogP contribution in [0.5, 0.6) is 0 Å². The van der Waals surface area contributed by atoms with E-state index in [0.29, 0.717) is 0 Å². The van der Waals surface area contributed by atoms with E-state index in [1.165, 1.54) is 24.3 Å². The van der Waals surface area contributed by atoms with Crippen LogP contribution in [0.2, 0.25) is 0 Å². The van der Waals surface area contributed by atoms with Gasteiger partial charge in [-0.05, 0) is 43.6 Å². The van der Waals surface area contributed by atoms with Crippen molar-refractivity contribution < 1.29 is 13.2 Å². The molecular weight excluding hydrogens is 278 g/mol. The number of piperidine rings is 1. The molecule has 0 spiro atoms. The Morgan fingerprint density at radius 2 is 2.20 bits per heavy atom. The molecule has 7 heteroatoms. The molecule has 1 aliphatic heterocycles. The van der Waals surface area contributed by atoms with Crippen molar-refractivity contribution in [2.24, 2.45) is 11.7 Å². The first-order valence-corrected chi connectivity index (χ1v) is 8.01. The van der Waals surface area contributed by atoms with Crippen molar-refractivity contribution in [3.63, 3.8) is 0 Å². The molecule has 0 bridgehead atoms. The Labute approximate surface area is 118 Å². The minimum absolute atomic E-state index is 0.0690. The number of hydrogen-bond acceptors (Lipinski definition) is 4. The van der Waals surface area contributed by atoms with Gasteiger partial charge in [-0.25, -0.2) is 13.1 Å². The molecule has 6 nitrogen and oxygen atoms in total. The standard InChI is InChI=1S/C13H19N3O3S/c1-9-8-15-6-5-12(9)16-20(18,19)11-4-2-3-10(7-11)13(14)17/h2-4,7,9,12,15-16H,5-6,8H2,1H3,(H2,14,17). The third-order valence-corrected chi connectivity index (χ3v) is 5.01. The van der Waals surface area contributed by atoms with Gasteiger partial charge in [0.05, 0.1) is 4.90 Å². The summed E-state index contributed by atoms with van der Waals surface area (Å²) >= 11 is 0. The quantitative estimate of drug-likeness (QED) is 0.731. The number of sulfonamides is 1. The van der Waals surface area contributed by atoms with Crippen LogP contribution in [-0.2, 0) is 10.0 Å². The lowest BCUT2D eigenvalue weighted by Gasteiger charge is -2.29. The van der Waals surface area contributed by atoms with Crippen LogP contribution in [0.3, 0.4) is 0 Å². The molecule has 1 fully saturated rings. The first-order valence-electron chi connectivity index (χ1n) is 6.53. The summed E-state index contributed by atoms with van der Waals surface area (Å²) in [4.78, 5) is 11.2. The number of carbonyl (C=O) groups excluding carboxylic acids is 1. The Bertz CT molecular complexity index is 601. The van der Waals surface area contributed by atoms with Crippen LogP contribution in [0, 0.1) is 5.92 Å². The summed E-state index contributed by atoms with van der Waals surface area (Å²) in [5.41, 5.74) is 5.36. The second-order valence-electron chi connectivity index (χ2n) is 5.09. The lowest BCUT2D eigenvalue weighted by molar-refractivity contribution is 0.1000. The fourth-order valence-electron chi connectivity index (χ4n) is 2.27. The largest absolute Gasteiger partial charge is 0.366 e. The molecule has 2 atom stereocenters. The van der Waals surface area contributed by atoms with Crippen molar-refractivity contribution in [3.05, 3.63) is 29.8 Å². The number of nitrogens with one attached hydrogen (secondary N) is 2. The Kier molecular flexibility index (Phi) is 4.42. The maximum atomic E-state index is 12.3. The van der Waals surface area contributed by atoms with Gasteiger partial charge in [0.25, 0.3) is 0 Å². The molecule has 0 saturated carbocycles. The second-order valence-corrected chi connectivity index (χ2v) is 6.80. The summed E-state index contributed by atoms with van der Waals surface area (Å²) in [5, 5.41) is 3.22. The van der Waals surface area contributed by atoms with E-state index in [9.17, 15) is 13.2 Å². The number of primary amides is 1. The zero-order chi connectivity index (χ0) is 14.8. The van der Waals surface area contributed by atoms with Gasteiger partial charge in [0.2, 0.25) is 15.9 Å². The Hall–Kier alpha value is -1.44. The molecule has 0 aliphatic carbocycles. The Morgan fingerprint density at radius 1 is 1.45 bits per heavy atom. The monoisotopic (exact) mass is 297 g/mol. The molecule has 1 heterocycles. The van der Waals surface area contributed by atoms with Crippen molar-refractivity contribution in [2.75, 3.05) is 13.1 Å². The van der Waals surface area contributed by atoms with Gasteiger partial charge < -0.3 is 11.1 Å². The molecule has 0 aromatic heterocycles. The van der Waals surface area contributed by atoms with Gasteiger partial charge in [0, 0.05) is 11.6 Å². The molecule has 1 aromatic rings. The third kappa shape index (κ3) is 3.36. The minimum atomic E-state index is -3.63. The van der Waals surface area contributed by atoms with Crippen molar-refractivity contribution >= 4 is 15.9 Å². The Balaban J connectivity index is 2.21. The van der Waals surface area contributed by atoms with E-state index >= 15 is 0 Å². The molecule has 4 N–H and O–H groups in total. The number of benzene rings is 1. The summed E-state index contributed by atoms with van der Waals surface area (Å²) in [6, 6.07) is 5.67. The minimum Gasteiger partial charge on any atom is -0.366 e. The highest BCUT2D eigenvalue weighted by atomic mass is 32.2. The number of rotatable bonds is 4. The zero-order valence-electron chi connectivity index (χ0n) is 11.3. The molecule has 2 rings (SSSR count). The number of amides is 1. The second kappa shape index (κ2) is 5.90. The average molecular weight is 297 g/mol. The van der Waals surface area contributed by atoms with Crippen LogP contribution in [-0.4, -0.2) is 33.5 Å². The van der Waals surface area contributed by atoms with Crippen LogP contribution in [0.25, 0.3) is 0 Å². The summed E-state index contributed by atoms with van der Waals surface area (Å²) < 4.78 is 27.4. The van der Waals surface area contributed by atoms with E-state index < -0.39 is 15.9 Å². The van der Waals surface area contributed by atoms with Crippen LogP contribution in [0.1, 0.15) is 23.7 Å². The molecule has 1 aromatic carbocycles. The van der Waals surface area contributed by atoms with Crippen molar-refractivity contribution in [1.29, 1.82) is 0 Å². The van der Waals surface area contributed by atoms with Gasteiger partial charge in [-0.2, -0.15) is 0 Å². The van der Waals surface area contributed by atoms with Gasteiger partial charge in [-0.3, -0.25) is 4.79 Å². The maximum absolute atomic E-state index is 12.3. The molecular formula is C13H19N3O3S. The highest BCUT2D eigenvalue weighted by molar-refractivity contribution is 7.89. The topological polar surface area (TPSA) is 101 Å². The smallest absolute Gasteiger partial charge is 0.248 e. The number of hydrogen-bond donors (Lipinski definition) is 3. The number of nitrogens with two attached hydrogens (primary N) is 1. The first-order chi connectivity index (χ1) is 9.40. The van der Waals surface area contributed by atoms with Crippen LogP contribution in [0.4, 0.5) is 0 Å². The van der Waals surface area contributed by atoms with E-state index in [4.69, 9.17) is 5.73 Å². The highest BCUT2D eigenvalue weighted by Gasteiger charge is 2.26. The average Bonchev–Trinajstić information content (AvgIpc) is 2.41. The van der Waals surface area contributed by atoms with E-state index in [1.807, 2.05) is 6.92 Å². The third-order valence-electron chi connectivity index (χ3n) is 3.52. The van der Waals surface area contributed by atoms with Crippen LogP contribution in [0.15, 0.2) is 29.2 Å². The summed E-state index contributed by atoms with van der Waals surface area (Å²) in [5.74, 6) is -0.421. The summed E-state index contributed by atoms with van der Waals surface area (Å²) in [6.07, 6.45) is 0.746. The number of carbonyl (C=O) groups is 1. The van der Waals surface area contributed by atoms with Gasteiger partial charge in [0.1, 0.15) is 0 Å². The molecule has 110 valence electrons. The lowest BCUT2D eigenvalue weighted by Crippen LogP contribution is -2.48. The molecule has 1 aliphatic rings. The molecule has 0 radical (unpaired) electrons. The van der Waals surface area contributed by atoms with E-state index in [2.05, 4.69) is 10.0 Å². The molecule has 1 amide bonds. The molecule has 20 heavy (non-hydrogen) atoms. The van der Waals surface area contributed by atoms with E-state index in [0.717, 1.165) is 19.5 Å². The van der Waals surface area contributed by atoms with Gasteiger partial charge >= 0.3 is 0 Å².